The zero-order valence-corrected chi connectivity index (χ0v) is 8.39. The van der Waals surface area contributed by atoms with Crippen molar-refractivity contribution in [1.82, 2.24) is 0 Å². The molecule has 0 saturated carbocycles. The molecule has 0 saturated heterocycles. The Morgan fingerprint density at radius 1 is 1.36 bits per heavy atom. The van der Waals surface area contributed by atoms with Crippen molar-refractivity contribution >= 4 is 0 Å². The van der Waals surface area contributed by atoms with Gasteiger partial charge < -0.3 is 15.6 Å². The van der Waals surface area contributed by atoms with Crippen LogP contribution in [0.5, 0.6) is 0 Å². The first-order chi connectivity index (χ1) is 6.74. The third-order valence-electron chi connectivity index (χ3n) is 2.17. The van der Waals surface area contributed by atoms with Gasteiger partial charge in [-0.2, -0.15) is 0 Å². The van der Waals surface area contributed by atoms with Crippen LogP contribution in [0.2, 0.25) is 0 Å². The van der Waals surface area contributed by atoms with Crippen molar-refractivity contribution in [2.24, 2.45) is 5.73 Å². The highest BCUT2D eigenvalue weighted by atomic mass is 16.5. The first-order valence-electron chi connectivity index (χ1n) is 4.76. The average Bonchev–Trinajstić information content (AvgIpc) is 2.26. The summed E-state index contributed by atoms with van der Waals surface area (Å²) < 4.78 is 5.50. The molecule has 2 atom stereocenters. The molecule has 0 aliphatic carbocycles. The first-order valence-corrected chi connectivity index (χ1v) is 4.76. The van der Waals surface area contributed by atoms with E-state index in [2.05, 4.69) is 0 Å². The predicted molar refractivity (Wildman–Crippen MR) is 55.8 cm³/mol. The Morgan fingerprint density at radius 3 is 2.57 bits per heavy atom. The molecule has 78 valence electrons. The lowest BCUT2D eigenvalue weighted by molar-refractivity contribution is 0.0224. The normalized spacial score (nSPS) is 15.1. The highest BCUT2D eigenvalue weighted by Crippen LogP contribution is 2.04. The number of rotatable bonds is 5. The van der Waals surface area contributed by atoms with Gasteiger partial charge in [-0.25, -0.2) is 0 Å². The zero-order chi connectivity index (χ0) is 10.4. The van der Waals surface area contributed by atoms with Crippen LogP contribution >= 0.6 is 0 Å². The van der Waals surface area contributed by atoms with Gasteiger partial charge in [0.15, 0.2) is 0 Å². The van der Waals surface area contributed by atoms with Gasteiger partial charge in [0.1, 0.15) is 0 Å². The lowest BCUT2D eigenvalue weighted by Gasteiger charge is -2.18. The molecule has 0 unspecified atom stereocenters. The number of hydrogen-bond donors (Lipinski definition) is 2. The summed E-state index contributed by atoms with van der Waals surface area (Å²) >= 11 is 0. The van der Waals surface area contributed by atoms with Gasteiger partial charge in [-0.05, 0) is 12.5 Å². The molecule has 3 heteroatoms. The van der Waals surface area contributed by atoms with Gasteiger partial charge in [0.25, 0.3) is 0 Å². The molecule has 0 spiro atoms. The zero-order valence-electron chi connectivity index (χ0n) is 8.39. The fraction of sp³-hybridized carbons (Fsp3) is 0.455. The number of benzene rings is 1. The van der Waals surface area contributed by atoms with Crippen LogP contribution in [0.15, 0.2) is 30.3 Å². The monoisotopic (exact) mass is 195 g/mol. The van der Waals surface area contributed by atoms with Crippen LogP contribution in [0.3, 0.4) is 0 Å². The minimum atomic E-state index is -0.307. The largest absolute Gasteiger partial charge is 0.395 e. The molecule has 0 fully saturated rings. The Bertz CT molecular complexity index is 251. The van der Waals surface area contributed by atoms with Crippen molar-refractivity contribution in [3.63, 3.8) is 0 Å². The molecule has 1 aromatic rings. The Balaban J connectivity index is 2.34. The lowest BCUT2D eigenvalue weighted by Crippen LogP contribution is -2.37. The maximum atomic E-state index is 8.80. The predicted octanol–water partition coefficient (Wildman–Crippen LogP) is 0.911. The third kappa shape index (κ3) is 3.46. The van der Waals surface area contributed by atoms with E-state index in [1.807, 2.05) is 37.3 Å². The summed E-state index contributed by atoms with van der Waals surface area (Å²) in [5, 5.41) is 8.80. The molecule has 1 rings (SSSR count). The molecule has 0 bridgehead atoms. The molecule has 0 aliphatic rings. The second kappa shape index (κ2) is 5.75. The number of aliphatic hydroxyl groups excluding tert-OH is 1. The first kappa shape index (κ1) is 11.2. The minimum Gasteiger partial charge on any atom is -0.395 e. The van der Waals surface area contributed by atoms with Gasteiger partial charge in [-0.3, -0.25) is 0 Å². The van der Waals surface area contributed by atoms with Crippen molar-refractivity contribution < 1.29 is 9.84 Å². The smallest absolute Gasteiger partial charge is 0.0724 e. The highest BCUT2D eigenvalue weighted by molar-refractivity contribution is 5.13. The van der Waals surface area contributed by atoms with E-state index >= 15 is 0 Å². The number of hydrogen-bond acceptors (Lipinski definition) is 3. The summed E-state index contributed by atoms with van der Waals surface area (Å²) in [6.45, 7) is 2.36. The van der Waals surface area contributed by atoms with Crippen molar-refractivity contribution in [3.8, 4) is 0 Å². The van der Waals surface area contributed by atoms with Crippen molar-refractivity contribution in [2.75, 3.05) is 6.61 Å². The number of ether oxygens (including phenoxy) is 1. The van der Waals surface area contributed by atoms with Gasteiger partial charge in [-0.1, -0.05) is 30.3 Å². The van der Waals surface area contributed by atoms with E-state index < -0.39 is 0 Å². The van der Waals surface area contributed by atoms with Crippen molar-refractivity contribution in [2.45, 2.75) is 25.7 Å². The van der Waals surface area contributed by atoms with Crippen LogP contribution in [0.1, 0.15) is 12.5 Å². The van der Waals surface area contributed by atoms with Gasteiger partial charge in [0.2, 0.25) is 0 Å². The average molecular weight is 195 g/mol. The van der Waals surface area contributed by atoms with Crippen LogP contribution in [0, 0.1) is 0 Å². The van der Waals surface area contributed by atoms with Crippen LogP contribution in [-0.4, -0.2) is 23.9 Å². The summed E-state index contributed by atoms with van der Waals surface area (Å²) in [6.07, 6.45) is -0.125. The summed E-state index contributed by atoms with van der Waals surface area (Å²) in [6, 6.07) is 9.59. The molecule has 3 N–H and O–H groups in total. The van der Waals surface area contributed by atoms with E-state index in [-0.39, 0.29) is 18.8 Å². The summed E-state index contributed by atoms with van der Waals surface area (Å²) in [4.78, 5) is 0. The molecule has 1 aromatic carbocycles. The van der Waals surface area contributed by atoms with E-state index in [9.17, 15) is 0 Å². The minimum absolute atomic E-state index is 0.0457. The second-order valence-electron chi connectivity index (χ2n) is 3.35. The quantitative estimate of drug-likeness (QED) is 0.734. The molecule has 0 heterocycles. The highest BCUT2D eigenvalue weighted by Gasteiger charge is 2.11. The maximum absolute atomic E-state index is 8.80. The Hall–Kier alpha value is -0.900. The SMILES string of the molecule is C[C@H](OCc1ccccc1)[C@H](N)CO. The number of aliphatic hydroxyl groups is 1. The van der Waals surface area contributed by atoms with Crippen LogP contribution in [-0.2, 0) is 11.3 Å². The summed E-state index contributed by atoms with van der Waals surface area (Å²) in [5.74, 6) is 0. The van der Waals surface area contributed by atoms with Gasteiger partial charge >= 0.3 is 0 Å². The van der Waals surface area contributed by atoms with E-state index in [0.717, 1.165) is 5.56 Å². The van der Waals surface area contributed by atoms with Gasteiger partial charge in [-0.15, -0.1) is 0 Å². The number of nitrogens with two attached hydrogens (primary N) is 1. The van der Waals surface area contributed by atoms with Crippen LogP contribution in [0.25, 0.3) is 0 Å². The molecular weight excluding hydrogens is 178 g/mol. The molecular formula is C11H17NO2. The topological polar surface area (TPSA) is 55.5 Å². The van der Waals surface area contributed by atoms with Crippen molar-refractivity contribution in [3.05, 3.63) is 35.9 Å². The van der Waals surface area contributed by atoms with Crippen LogP contribution in [0.4, 0.5) is 0 Å². The van der Waals surface area contributed by atoms with E-state index in [4.69, 9.17) is 15.6 Å². The Morgan fingerprint density at radius 2 is 2.00 bits per heavy atom. The molecule has 0 aliphatic heterocycles. The fourth-order valence-electron chi connectivity index (χ4n) is 1.07. The molecule has 0 amide bonds. The van der Waals surface area contributed by atoms with Crippen LogP contribution < -0.4 is 5.73 Å². The Labute approximate surface area is 84.5 Å². The van der Waals surface area contributed by atoms with Gasteiger partial charge in [0, 0.05) is 0 Å². The van der Waals surface area contributed by atoms with E-state index in [1.165, 1.54) is 0 Å². The molecule has 0 radical (unpaired) electrons. The van der Waals surface area contributed by atoms with Crippen molar-refractivity contribution in [1.29, 1.82) is 0 Å². The van der Waals surface area contributed by atoms with E-state index in [0.29, 0.717) is 6.61 Å². The molecule has 3 nitrogen and oxygen atoms in total. The Kier molecular flexibility index (Phi) is 4.59. The lowest BCUT2D eigenvalue weighted by atomic mass is 10.2. The third-order valence-corrected chi connectivity index (χ3v) is 2.17. The molecule has 14 heavy (non-hydrogen) atoms. The standard InChI is InChI=1S/C11H17NO2/c1-9(11(12)7-13)14-8-10-5-3-2-4-6-10/h2-6,9,11,13H,7-8,12H2,1H3/t9-,11+/m0/s1. The summed E-state index contributed by atoms with van der Waals surface area (Å²) in [5.41, 5.74) is 6.72. The maximum Gasteiger partial charge on any atom is 0.0724 e. The molecule has 0 aromatic heterocycles. The second-order valence-corrected chi connectivity index (χ2v) is 3.35. The van der Waals surface area contributed by atoms with Gasteiger partial charge in [0.05, 0.1) is 25.4 Å². The van der Waals surface area contributed by atoms with E-state index in [1.54, 1.807) is 0 Å². The summed E-state index contributed by atoms with van der Waals surface area (Å²) in [7, 11) is 0. The fourth-order valence-corrected chi connectivity index (χ4v) is 1.07.